The molecule has 2 saturated carbocycles. The number of nitrogens with one attached hydrogen (secondary N) is 1. The minimum atomic E-state index is 0.0637. The van der Waals surface area contributed by atoms with Gasteiger partial charge in [0.25, 0.3) is 0 Å². The summed E-state index contributed by atoms with van der Waals surface area (Å²) >= 11 is 0. The molecule has 136 valence electrons. The van der Waals surface area contributed by atoms with Crippen molar-refractivity contribution >= 4 is 22.9 Å². The van der Waals surface area contributed by atoms with E-state index < -0.39 is 0 Å². The summed E-state index contributed by atoms with van der Waals surface area (Å²) in [5.41, 5.74) is 3.89. The molecule has 4 heteroatoms. The van der Waals surface area contributed by atoms with Crippen LogP contribution in [0.25, 0.3) is 10.8 Å². The Labute approximate surface area is 154 Å². The molecule has 0 aromatic heterocycles. The smallest absolute Gasteiger partial charge is 0.244 e. The molecule has 2 aromatic carbocycles. The normalized spacial score (nSPS) is 27.3. The highest BCUT2D eigenvalue weighted by atomic mass is 16.5. The second kappa shape index (κ2) is 6.75. The summed E-state index contributed by atoms with van der Waals surface area (Å²) in [4.78, 5) is 12.6. The van der Waals surface area contributed by atoms with Crippen LogP contribution in [-0.4, -0.2) is 18.7 Å². The zero-order valence-corrected chi connectivity index (χ0v) is 15.5. The van der Waals surface area contributed by atoms with E-state index in [2.05, 4.69) is 29.6 Å². The topological polar surface area (TPSA) is 50.7 Å². The van der Waals surface area contributed by atoms with E-state index in [0.717, 1.165) is 28.5 Å². The molecule has 1 N–H and O–H groups in total. The Bertz CT molecular complexity index is 860. The lowest BCUT2D eigenvalue weighted by molar-refractivity contribution is -0.123. The van der Waals surface area contributed by atoms with E-state index in [0.29, 0.717) is 12.5 Å². The average Bonchev–Trinajstić information content (AvgIpc) is 3.29. The standard InChI is InChI=1S/C22H26N2O2/c1-3-26-19-12-11-15-8-4-5-9-16(15)17(19)14-23-24-21(25)20-18-10-6-7-13-22(18,20)2/h4-5,8-9,11-12,14,18,20H,3,6-7,10,13H2,1-2H3,(H,24,25)/b23-14-. The maximum Gasteiger partial charge on any atom is 0.244 e. The number of nitrogens with zero attached hydrogens (tertiary/aromatic N) is 1. The second-order valence-corrected chi connectivity index (χ2v) is 7.70. The van der Waals surface area contributed by atoms with Crippen LogP contribution in [0, 0.1) is 17.3 Å². The summed E-state index contributed by atoms with van der Waals surface area (Å²) in [7, 11) is 0. The van der Waals surface area contributed by atoms with Crippen LogP contribution in [-0.2, 0) is 4.79 Å². The number of benzene rings is 2. The van der Waals surface area contributed by atoms with Gasteiger partial charge in [0.05, 0.1) is 12.8 Å². The first kappa shape index (κ1) is 17.1. The highest BCUT2D eigenvalue weighted by Gasteiger charge is 2.64. The van der Waals surface area contributed by atoms with Gasteiger partial charge in [0, 0.05) is 11.5 Å². The van der Waals surface area contributed by atoms with E-state index in [-0.39, 0.29) is 17.2 Å². The molecule has 2 aromatic rings. The fourth-order valence-corrected chi connectivity index (χ4v) is 4.77. The van der Waals surface area contributed by atoms with Crippen molar-refractivity contribution in [3.8, 4) is 5.75 Å². The minimum absolute atomic E-state index is 0.0637. The van der Waals surface area contributed by atoms with E-state index >= 15 is 0 Å². The largest absolute Gasteiger partial charge is 0.493 e. The van der Waals surface area contributed by atoms with Crippen LogP contribution in [0.1, 0.15) is 45.1 Å². The predicted molar refractivity (Wildman–Crippen MR) is 104 cm³/mol. The van der Waals surface area contributed by atoms with E-state index in [4.69, 9.17) is 4.74 Å². The molecule has 3 atom stereocenters. The van der Waals surface area contributed by atoms with Crippen LogP contribution in [0.4, 0.5) is 0 Å². The molecule has 0 radical (unpaired) electrons. The fourth-order valence-electron chi connectivity index (χ4n) is 4.77. The highest BCUT2D eigenvalue weighted by Crippen LogP contribution is 2.66. The summed E-state index contributed by atoms with van der Waals surface area (Å²) in [6.45, 7) is 4.81. The van der Waals surface area contributed by atoms with Gasteiger partial charge in [0.1, 0.15) is 5.75 Å². The van der Waals surface area contributed by atoms with Crippen molar-refractivity contribution in [1.82, 2.24) is 5.43 Å². The van der Waals surface area contributed by atoms with E-state index in [9.17, 15) is 4.79 Å². The van der Waals surface area contributed by atoms with Crippen molar-refractivity contribution in [2.75, 3.05) is 6.61 Å². The highest BCUT2D eigenvalue weighted by molar-refractivity contribution is 6.02. The Balaban J connectivity index is 1.53. The van der Waals surface area contributed by atoms with Crippen LogP contribution in [0.2, 0.25) is 0 Å². The van der Waals surface area contributed by atoms with Gasteiger partial charge >= 0.3 is 0 Å². The number of carbonyl (C=O) groups excluding carboxylic acids is 1. The van der Waals surface area contributed by atoms with Crippen molar-refractivity contribution in [1.29, 1.82) is 0 Å². The zero-order chi connectivity index (χ0) is 18.1. The van der Waals surface area contributed by atoms with Gasteiger partial charge in [-0.3, -0.25) is 4.79 Å². The Morgan fingerprint density at radius 3 is 2.92 bits per heavy atom. The van der Waals surface area contributed by atoms with Gasteiger partial charge in [-0.05, 0) is 47.9 Å². The molecule has 1 amide bonds. The molecule has 0 aliphatic heterocycles. The van der Waals surface area contributed by atoms with Crippen LogP contribution in [0.15, 0.2) is 41.5 Å². The molecule has 0 bridgehead atoms. The zero-order valence-electron chi connectivity index (χ0n) is 15.5. The number of ether oxygens (including phenoxy) is 1. The van der Waals surface area contributed by atoms with Crippen molar-refractivity contribution in [2.45, 2.75) is 39.5 Å². The molecule has 4 rings (SSSR count). The molecule has 3 unspecified atom stereocenters. The first-order valence-electron chi connectivity index (χ1n) is 9.62. The molecule has 2 aliphatic carbocycles. The summed E-state index contributed by atoms with van der Waals surface area (Å²) in [6.07, 6.45) is 6.56. The fraction of sp³-hybridized carbons (Fsp3) is 0.455. The molecule has 4 nitrogen and oxygen atoms in total. The van der Waals surface area contributed by atoms with Crippen molar-refractivity contribution < 1.29 is 9.53 Å². The van der Waals surface area contributed by atoms with Crippen molar-refractivity contribution in [3.05, 3.63) is 42.0 Å². The molecule has 26 heavy (non-hydrogen) atoms. The van der Waals surface area contributed by atoms with Crippen LogP contribution >= 0.6 is 0 Å². The van der Waals surface area contributed by atoms with Gasteiger partial charge in [-0.2, -0.15) is 5.10 Å². The number of hydrazone groups is 1. The van der Waals surface area contributed by atoms with Gasteiger partial charge in [0.2, 0.25) is 5.91 Å². The number of hydrogen-bond donors (Lipinski definition) is 1. The maximum atomic E-state index is 12.6. The molecule has 2 fully saturated rings. The number of amides is 1. The van der Waals surface area contributed by atoms with Gasteiger partial charge in [-0.15, -0.1) is 0 Å². The monoisotopic (exact) mass is 350 g/mol. The third-order valence-electron chi connectivity index (χ3n) is 6.21. The lowest BCUT2D eigenvalue weighted by Gasteiger charge is -2.15. The van der Waals surface area contributed by atoms with Crippen LogP contribution in [0.3, 0.4) is 0 Å². The third-order valence-corrected chi connectivity index (χ3v) is 6.21. The maximum absolute atomic E-state index is 12.6. The van der Waals surface area contributed by atoms with E-state index in [1.165, 1.54) is 19.3 Å². The van der Waals surface area contributed by atoms with Crippen molar-refractivity contribution in [2.24, 2.45) is 22.4 Å². The Morgan fingerprint density at radius 1 is 1.31 bits per heavy atom. The minimum Gasteiger partial charge on any atom is -0.493 e. The average molecular weight is 350 g/mol. The molecule has 0 spiro atoms. The Kier molecular flexibility index (Phi) is 4.43. The van der Waals surface area contributed by atoms with Gasteiger partial charge in [-0.1, -0.05) is 50.1 Å². The first-order valence-corrected chi connectivity index (χ1v) is 9.62. The van der Waals surface area contributed by atoms with Crippen molar-refractivity contribution in [3.63, 3.8) is 0 Å². The number of hydrogen-bond acceptors (Lipinski definition) is 3. The number of rotatable bonds is 5. The summed E-state index contributed by atoms with van der Waals surface area (Å²) in [6, 6.07) is 12.1. The van der Waals surface area contributed by atoms with Crippen LogP contribution < -0.4 is 10.2 Å². The number of carbonyl (C=O) groups is 1. The van der Waals surface area contributed by atoms with E-state index in [1.807, 2.05) is 31.2 Å². The second-order valence-electron chi connectivity index (χ2n) is 7.70. The molecular weight excluding hydrogens is 324 g/mol. The SMILES string of the molecule is CCOc1ccc2ccccc2c1/C=N\NC(=O)C1C2CCCCC21C. The molecule has 0 saturated heterocycles. The lowest BCUT2D eigenvalue weighted by Crippen LogP contribution is -2.22. The summed E-state index contributed by atoms with van der Waals surface area (Å²) in [5.74, 6) is 1.52. The van der Waals surface area contributed by atoms with Gasteiger partial charge < -0.3 is 4.74 Å². The molecular formula is C22H26N2O2. The van der Waals surface area contributed by atoms with Gasteiger partial charge in [-0.25, -0.2) is 5.43 Å². The lowest BCUT2D eigenvalue weighted by atomic mass is 9.90. The van der Waals surface area contributed by atoms with E-state index in [1.54, 1.807) is 6.21 Å². The Hall–Kier alpha value is -2.36. The third kappa shape index (κ3) is 2.87. The molecule has 0 heterocycles. The Morgan fingerprint density at radius 2 is 2.15 bits per heavy atom. The van der Waals surface area contributed by atoms with Gasteiger partial charge in [0.15, 0.2) is 0 Å². The first-order chi connectivity index (χ1) is 12.6. The quantitative estimate of drug-likeness (QED) is 0.637. The number of fused-ring (bicyclic) bond motifs is 2. The molecule has 2 aliphatic rings. The summed E-state index contributed by atoms with van der Waals surface area (Å²) < 4.78 is 5.75. The van der Waals surface area contributed by atoms with Crippen LogP contribution in [0.5, 0.6) is 5.75 Å². The predicted octanol–water partition coefficient (Wildman–Crippen LogP) is 4.51. The summed E-state index contributed by atoms with van der Waals surface area (Å²) in [5, 5.41) is 6.48.